The summed E-state index contributed by atoms with van der Waals surface area (Å²) >= 11 is 3.41. The molecule has 0 aliphatic rings. The maximum Gasteiger partial charge on any atom is 0.346 e. The van der Waals surface area contributed by atoms with Gasteiger partial charge in [0.1, 0.15) is 16.6 Å². The minimum absolute atomic E-state index is 0.300. The summed E-state index contributed by atoms with van der Waals surface area (Å²) in [7, 11) is 0. The Labute approximate surface area is 91.7 Å². The number of carbonyl (C=O) groups is 1. The fraction of sp³-hybridized carbons (Fsp3) is 0. The van der Waals surface area contributed by atoms with E-state index in [0.717, 1.165) is 2.88 Å². The summed E-state index contributed by atoms with van der Waals surface area (Å²) in [5, 5.41) is 17.5. The number of halogens is 1. The molecule has 0 amide bonds. The normalized spacial score (nSPS) is 10.9. The molecule has 0 aliphatic carbocycles. The first kappa shape index (κ1) is 10.1. The molecule has 1 aromatic heterocycles. The maximum atomic E-state index is 10.4. The van der Waals surface area contributed by atoms with Gasteiger partial charge in [-0.25, -0.2) is 9.78 Å². The minimum atomic E-state index is -1.23. The average Bonchev–Trinajstić information content (AvgIpc) is 2.46. The van der Waals surface area contributed by atoms with Crippen molar-refractivity contribution in [1.29, 1.82) is 5.26 Å². The number of carboxylic acid groups (broad SMARTS) is 1. The molecule has 1 aromatic rings. The van der Waals surface area contributed by atoms with E-state index in [1.807, 2.05) is 0 Å². The van der Waals surface area contributed by atoms with E-state index in [2.05, 4.69) is 27.6 Å². The van der Waals surface area contributed by atoms with E-state index >= 15 is 0 Å². The standard InChI is InChI=1S/C7H3IN2O2S/c8-5-3-10-6(13-5)1-4(2-9)7(11)12/h1,3H,(H,11,12)/b4-1+. The van der Waals surface area contributed by atoms with Crippen molar-refractivity contribution in [3.8, 4) is 6.07 Å². The van der Waals surface area contributed by atoms with Crippen LogP contribution in [0.2, 0.25) is 0 Å². The molecule has 0 saturated heterocycles. The van der Waals surface area contributed by atoms with E-state index in [4.69, 9.17) is 10.4 Å². The van der Waals surface area contributed by atoms with Crippen molar-refractivity contribution in [2.75, 3.05) is 0 Å². The van der Waals surface area contributed by atoms with Crippen LogP contribution in [0.4, 0.5) is 0 Å². The molecule has 1 heterocycles. The van der Waals surface area contributed by atoms with Crippen LogP contribution in [0.25, 0.3) is 6.08 Å². The van der Waals surface area contributed by atoms with Crippen molar-refractivity contribution in [2.45, 2.75) is 0 Å². The first-order valence-corrected chi connectivity index (χ1v) is 4.99. The monoisotopic (exact) mass is 306 g/mol. The third kappa shape index (κ3) is 2.78. The predicted octanol–water partition coefficient (Wildman–Crippen LogP) is 1.74. The Morgan fingerprint density at radius 3 is 2.92 bits per heavy atom. The van der Waals surface area contributed by atoms with Gasteiger partial charge in [0.15, 0.2) is 0 Å². The number of hydrogen-bond acceptors (Lipinski definition) is 4. The van der Waals surface area contributed by atoms with E-state index in [1.165, 1.54) is 17.4 Å². The summed E-state index contributed by atoms with van der Waals surface area (Å²) in [6.45, 7) is 0. The Balaban J connectivity index is 3.00. The van der Waals surface area contributed by atoms with Gasteiger partial charge in [-0.1, -0.05) is 0 Å². The number of nitrogens with zero attached hydrogens (tertiary/aromatic N) is 2. The van der Waals surface area contributed by atoms with Crippen LogP contribution in [0.3, 0.4) is 0 Å². The molecular weight excluding hydrogens is 303 g/mol. The number of carboxylic acids is 1. The van der Waals surface area contributed by atoms with Crippen molar-refractivity contribution in [3.63, 3.8) is 0 Å². The lowest BCUT2D eigenvalue weighted by Gasteiger charge is -1.85. The lowest BCUT2D eigenvalue weighted by Crippen LogP contribution is -1.96. The minimum Gasteiger partial charge on any atom is -0.477 e. The van der Waals surface area contributed by atoms with Crippen LogP contribution < -0.4 is 0 Å². The molecule has 1 rings (SSSR count). The number of aromatic nitrogens is 1. The lowest BCUT2D eigenvalue weighted by molar-refractivity contribution is -0.132. The highest BCUT2D eigenvalue weighted by Gasteiger charge is 2.06. The van der Waals surface area contributed by atoms with Gasteiger partial charge in [-0.15, -0.1) is 11.3 Å². The second kappa shape index (κ2) is 4.34. The average molecular weight is 306 g/mol. The third-order valence-corrected chi connectivity index (χ3v) is 2.79. The van der Waals surface area contributed by atoms with Gasteiger partial charge in [0, 0.05) is 0 Å². The quantitative estimate of drug-likeness (QED) is 0.513. The van der Waals surface area contributed by atoms with Crippen molar-refractivity contribution < 1.29 is 9.90 Å². The summed E-state index contributed by atoms with van der Waals surface area (Å²) in [4.78, 5) is 14.3. The molecule has 0 spiro atoms. The number of aliphatic carboxylic acids is 1. The highest BCUT2D eigenvalue weighted by molar-refractivity contribution is 14.1. The summed E-state index contributed by atoms with van der Waals surface area (Å²) in [6.07, 6.45) is 2.88. The Hall–Kier alpha value is -0.940. The van der Waals surface area contributed by atoms with Crippen LogP contribution in [0.15, 0.2) is 11.8 Å². The Kier molecular flexibility index (Phi) is 3.39. The second-order valence-corrected chi connectivity index (χ2v) is 4.93. The van der Waals surface area contributed by atoms with Crippen LogP contribution in [-0.4, -0.2) is 16.1 Å². The van der Waals surface area contributed by atoms with E-state index in [9.17, 15) is 4.79 Å². The molecule has 0 atom stereocenters. The predicted molar refractivity (Wildman–Crippen MR) is 56.1 cm³/mol. The highest BCUT2D eigenvalue weighted by atomic mass is 127. The molecule has 0 radical (unpaired) electrons. The third-order valence-electron chi connectivity index (χ3n) is 1.11. The zero-order valence-electron chi connectivity index (χ0n) is 6.19. The van der Waals surface area contributed by atoms with Gasteiger partial charge in [0.2, 0.25) is 0 Å². The fourth-order valence-corrected chi connectivity index (χ4v) is 2.00. The van der Waals surface area contributed by atoms with Crippen molar-refractivity contribution in [1.82, 2.24) is 4.98 Å². The molecule has 0 saturated carbocycles. The lowest BCUT2D eigenvalue weighted by atomic mass is 10.3. The van der Waals surface area contributed by atoms with E-state index in [0.29, 0.717) is 5.01 Å². The van der Waals surface area contributed by atoms with Crippen LogP contribution in [-0.2, 0) is 4.79 Å². The maximum absolute atomic E-state index is 10.4. The highest BCUT2D eigenvalue weighted by Crippen LogP contribution is 2.17. The first-order valence-electron chi connectivity index (χ1n) is 3.10. The Morgan fingerprint density at radius 2 is 2.54 bits per heavy atom. The summed E-state index contributed by atoms with van der Waals surface area (Å²) in [6, 6.07) is 1.59. The fourth-order valence-electron chi connectivity index (χ4n) is 0.599. The molecule has 13 heavy (non-hydrogen) atoms. The van der Waals surface area contributed by atoms with Crippen molar-refractivity contribution in [2.24, 2.45) is 0 Å². The number of hydrogen-bond donors (Lipinski definition) is 1. The van der Waals surface area contributed by atoms with E-state index in [-0.39, 0.29) is 5.57 Å². The molecule has 66 valence electrons. The van der Waals surface area contributed by atoms with Gasteiger partial charge in [-0.2, -0.15) is 5.26 Å². The second-order valence-electron chi connectivity index (χ2n) is 1.98. The molecule has 1 N–H and O–H groups in total. The summed E-state index contributed by atoms with van der Waals surface area (Å²) in [5.74, 6) is -1.23. The van der Waals surface area contributed by atoms with Gasteiger partial charge in [0.25, 0.3) is 0 Å². The van der Waals surface area contributed by atoms with Crippen LogP contribution in [0, 0.1) is 14.2 Å². The first-order chi connectivity index (χ1) is 6.13. The zero-order valence-corrected chi connectivity index (χ0v) is 9.16. The van der Waals surface area contributed by atoms with Gasteiger partial charge in [-0.05, 0) is 28.7 Å². The number of thiazole rings is 1. The molecule has 6 heteroatoms. The van der Waals surface area contributed by atoms with E-state index in [1.54, 1.807) is 12.3 Å². The molecule has 0 unspecified atom stereocenters. The van der Waals surface area contributed by atoms with Crippen LogP contribution in [0.1, 0.15) is 5.01 Å². The largest absolute Gasteiger partial charge is 0.477 e. The molecule has 0 bridgehead atoms. The molecular formula is C7H3IN2O2S. The van der Waals surface area contributed by atoms with Gasteiger partial charge < -0.3 is 5.11 Å². The van der Waals surface area contributed by atoms with Crippen LogP contribution >= 0.6 is 33.9 Å². The SMILES string of the molecule is N#C/C(=C\c1ncc(I)s1)C(=O)O. The molecule has 4 nitrogen and oxygen atoms in total. The van der Waals surface area contributed by atoms with E-state index < -0.39 is 5.97 Å². The van der Waals surface area contributed by atoms with Gasteiger partial charge in [-0.3, -0.25) is 0 Å². The Morgan fingerprint density at radius 1 is 1.85 bits per heavy atom. The van der Waals surface area contributed by atoms with Gasteiger partial charge >= 0.3 is 5.97 Å². The topological polar surface area (TPSA) is 74.0 Å². The summed E-state index contributed by atoms with van der Waals surface area (Å²) in [5.41, 5.74) is -0.300. The molecule has 0 aliphatic heterocycles. The number of nitriles is 1. The zero-order chi connectivity index (χ0) is 9.84. The van der Waals surface area contributed by atoms with Crippen molar-refractivity contribution in [3.05, 3.63) is 19.7 Å². The molecule has 0 aromatic carbocycles. The van der Waals surface area contributed by atoms with Crippen LogP contribution in [0.5, 0.6) is 0 Å². The summed E-state index contributed by atoms with van der Waals surface area (Å²) < 4.78 is 0.950. The smallest absolute Gasteiger partial charge is 0.346 e. The molecule has 0 fully saturated rings. The Bertz CT molecular complexity index is 405. The van der Waals surface area contributed by atoms with Gasteiger partial charge in [0.05, 0.1) is 9.08 Å². The van der Waals surface area contributed by atoms with Crippen molar-refractivity contribution >= 4 is 46.0 Å². The number of rotatable bonds is 2.